The zero-order chi connectivity index (χ0) is 10.9. The van der Waals surface area contributed by atoms with Crippen LogP contribution in [0.3, 0.4) is 0 Å². The highest BCUT2D eigenvalue weighted by molar-refractivity contribution is 9.10. The molecule has 0 aliphatic rings. The van der Waals surface area contributed by atoms with Crippen molar-refractivity contribution in [2.45, 2.75) is 26.3 Å². The number of aromatic nitrogens is 2. The lowest BCUT2D eigenvalue weighted by Crippen LogP contribution is -2.20. The first-order chi connectivity index (χ1) is 6.35. The van der Waals surface area contributed by atoms with Crippen molar-refractivity contribution in [2.75, 3.05) is 0 Å². The molecule has 0 aliphatic carbocycles. The molecule has 0 fully saturated rings. The van der Waals surface area contributed by atoms with Crippen LogP contribution in [0.15, 0.2) is 4.47 Å². The van der Waals surface area contributed by atoms with E-state index in [-0.39, 0.29) is 5.69 Å². The Bertz CT molecular complexity index is 334. The van der Waals surface area contributed by atoms with E-state index in [9.17, 15) is 13.2 Å². The third-order valence-corrected chi connectivity index (χ3v) is 2.66. The van der Waals surface area contributed by atoms with Crippen molar-refractivity contribution in [3.8, 4) is 0 Å². The molecule has 1 rings (SSSR count). The van der Waals surface area contributed by atoms with Crippen LogP contribution in [0.5, 0.6) is 0 Å². The predicted molar refractivity (Wildman–Crippen MR) is 46.6 cm³/mol. The summed E-state index contributed by atoms with van der Waals surface area (Å²) in [6.45, 7) is -0.0943. The maximum atomic E-state index is 12.0. The molecule has 0 atom stereocenters. The fourth-order valence-corrected chi connectivity index (χ4v) is 1.47. The Balaban J connectivity index is 3.03. The van der Waals surface area contributed by atoms with E-state index in [0.29, 0.717) is 10.2 Å². The fourth-order valence-electron chi connectivity index (χ4n) is 1.06. The lowest BCUT2D eigenvalue weighted by molar-refractivity contribution is -0.143. The number of rotatable bonds is 2. The molecule has 0 spiro atoms. The summed E-state index contributed by atoms with van der Waals surface area (Å²) >= 11 is 3.06. The second-order valence-corrected chi connectivity index (χ2v) is 3.57. The van der Waals surface area contributed by atoms with Gasteiger partial charge in [0.1, 0.15) is 6.54 Å². The first-order valence-corrected chi connectivity index (χ1v) is 4.54. The average Bonchev–Trinajstić information content (AvgIpc) is 2.24. The minimum absolute atomic E-state index is 0.139. The van der Waals surface area contributed by atoms with E-state index in [0.717, 1.165) is 4.68 Å². The van der Waals surface area contributed by atoms with Gasteiger partial charge in [0.25, 0.3) is 0 Å². The van der Waals surface area contributed by atoms with Gasteiger partial charge in [0.05, 0.1) is 22.5 Å². The summed E-state index contributed by atoms with van der Waals surface area (Å²) in [4.78, 5) is 0. The van der Waals surface area contributed by atoms with Crippen molar-refractivity contribution in [1.82, 2.24) is 9.78 Å². The van der Waals surface area contributed by atoms with Gasteiger partial charge >= 0.3 is 6.18 Å². The van der Waals surface area contributed by atoms with Crippen molar-refractivity contribution in [2.24, 2.45) is 0 Å². The minimum Gasteiger partial charge on any atom is -0.390 e. The molecule has 1 aromatic rings. The number of halogens is 4. The maximum absolute atomic E-state index is 12.0. The van der Waals surface area contributed by atoms with Crippen LogP contribution in [0, 0.1) is 6.92 Å². The zero-order valence-electron chi connectivity index (χ0n) is 7.27. The third-order valence-electron chi connectivity index (χ3n) is 1.63. The van der Waals surface area contributed by atoms with E-state index in [4.69, 9.17) is 5.11 Å². The van der Waals surface area contributed by atoms with E-state index >= 15 is 0 Å². The number of hydrogen-bond donors (Lipinski definition) is 1. The van der Waals surface area contributed by atoms with Gasteiger partial charge in [0.15, 0.2) is 0 Å². The molecule has 0 saturated heterocycles. The Morgan fingerprint density at radius 2 is 2.07 bits per heavy atom. The number of nitrogens with zero attached hydrogens (tertiary/aromatic N) is 2. The fraction of sp³-hybridized carbons (Fsp3) is 0.571. The number of aliphatic hydroxyl groups is 1. The molecule has 0 bridgehead atoms. The van der Waals surface area contributed by atoms with Crippen molar-refractivity contribution in [1.29, 1.82) is 0 Å². The zero-order valence-corrected chi connectivity index (χ0v) is 8.85. The van der Waals surface area contributed by atoms with Gasteiger partial charge in [-0.05, 0) is 22.9 Å². The van der Waals surface area contributed by atoms with E-state index in [1.165, 1.54) is 0 Å². The summed E-state index contributed by atoms with van der Waals surface area (Å²) in [7, 11) is 0. The summed E-state index contributed by atoms with van der Waals surface area (Å²) in [6.07, 6.45) is -4.33. The molecule has 80 valence electrons. The molecular formula is C7H8BrF3N2O. The molecule has 0 radical (unpaired) electrons. The van der Waals surface area contributed by atoms with Gasteiger partial charge in [-0.15, -0.1) is 0 Å². The van der Waals surface area contributed by atoms with Crippen LogP contribution in [0.4, 0.5) is 13.2 Å². The Hall–Kier alpha value is -0.560. The van der Waals surface area contributed by atoms with Crippen molar-refractivity contribution < 1.29 is 18.3 Å². The molecule has 14 heavy (non-hydrogen) atoms. The van der Waals surface area contributed by atoms with Gasteiger partial charge in [0, 0.05) is 0 Å². The van der Waals surface area contributed by atoms with Gasteiger partial charge in [-0.2, -0.15) is 18.3 Å². The number of alkyl halides is 3. The molecule has 1 aromatic heterocycles. The van der Waals surface area contributed by atoms with Crippen LogP contribution in [0.1, 0.15) is 11.4 Å². The van der Waals surface area contributed by atoms with E-state index in [1.807, 2.05) is 0 Å². The molecule has 0 unspecified atom stereocenters. The molecule has 0 aliphatic heterocycles. The van der Waals surface area contributed by atoms with Crippen molar-refractivity contribution in [3.05, 3.63) is 15.9 Å². The Morgan fingerprint density at radius 3 is 2.50 bits per heavy atom. The van der Waals surface area contributed by atoms with Gasteiger partial charge in [-0.3, -0.25) is 4.68 Å². The Labute approximate surface area is 86.7 Å². The summed E-state index contributed by atoms with van der Waals surface area (Å²) < 4.78 is 37.3. The van der Waals surface area contributed by atoms with Gasteiger partial charge < -0.3 is 5.11 Å². The van der Waals surface area contributed by atoms with Gasteiger partial charge in [0.2, 0.25) is 0 Å². The van der Waals surface area contributed by atoms with Crippen LogP contribution < -0.4 is 0 Å². The van der Waals surface area contributed by atoms with E-state index in [1.54, 1.807) is 6.92 Å². The molecule has 7 heteroatoms. The SMILES string of the molecule is Cc1nn(CC(F)(F)F)c(CO)c1Br. The number of aryl methyl sites for hydroxylation is 1. The monoisotopic (exact) mass is 272 g/mol. The minimum atomic E-state index is -4.33. The summed E-state index contributed by atoms with van der Waals surface area (Å²) in [5.41, 5.74) is 0.568. The van der Waals surface area contributed by atoms with Crippen LogP contribution in [-0.2, 0) is 13.2 Å². The molecular weight excluding hydrogens is 265 g/mol. The molecule has 1 N–H and O–H groups in total. The quantitative estimate of drug-likeness (QED) is 0.895. The summed E-state index contributed by atoms with van der Waals surface area (Å²) in [5.74, 6) is 0. The van der Waals surface area contributed by atoms with Crippen LogP contribution in [-0.4, -0.2) is 21.1 Å². The van der Waals surface area contributed by atoms with E-state index in [2.05, 4.69) is 21.0 Å². The topological polar surface area (TPSA) is 38.0 Å². The maximum Gasteiger partial charge on any atom is 0.408 e. The highest BCUT2D eigenvalue weighted by Crippen LogP contribution is 2.24. The number of aliphatic hydroxyl groups excluding tert-OH is 1. The van der Waals surface area contributed by atoms with Crippen molar-refractivity contribution >= 4 is 15.9 Å². The second kappa shape index (κ2) is 3.90. The van der Waals surface area contributed by atoms with Crippen LogP contribution >= 0.6 is 15.9 Å². The molecule has 0 amide bonds. The second-order valence-electron chi connectivity index (χ2n) is 2.78. The molecule has 0 saturated carbocycles. The standard InChI is InChI=1S/C7H8BrF3N2O/c1-4-6(8)5(2-14)13(12-4)3-7(9,10)11/h14H,2-3H2,1H3. The van der Waals surface area contributed by atoms with Gasteiger partial charge in [-0.25, -0.2) is 0 Å². The normalized spacial score (nSPS) is 12.1. The lowest BCUT2D eigenvalue weighted by Gasteiger charge is -2.08. The first-order valence-electron chi connectivity index (χ1n) is 3.74. The largest absolute Gasteiger partial charge is 0.408 e. The molecule has 0 aromatic carbocycles. The smallest absolute Gasteiger partial charge is 0.390 e. The van der Waals surface area contributed by atoms with Gasteiger partial charge in [-0.1, -0.05) is 0 Å². The number of hydrogen-bond acceptors (Lipinski definition) is 2. The van der Waals surface area contributed by atoms with Crippen LogP contribution in [0.25, 0.3) is 0 Å². The Morgan fingerprint density at radius 1 is 1.50 bits per heavy atom. The Kier molecular flexibility index (Phi) is 3.20. The summed E-state index contributed by atoms with van der Waals surface area (Å²) in [6, 6.07) is 0. The average molecular weight is 273 g/mol. The third kappa shape index (κ3) is 2.48. The lowest BCUT2D eigenvalue weighted by atomic mass is 10.4. The van der Waals surface area contributed by atoms with Crippen LogP contribution in [0.2, 0.25) is 0 Å². The highest BCUT2D eigenvalue weighted by Gasteiger charge is 2.30. The molecule has 3 nitrogen and oxygen atoms in total. The van der Waals surface area contributed by atoms with Crippen molar-refractivity contribution in [3.63, 3.8) is 0 Å². The van der Waals surface area contributed by atoms with E-state index < -0.39 is 19.3 Å². The predicted octanol–water partition coefficient (Wildman–Crippen LogP) is 2.01. The first kappa shape index (κ1) is 11.5. The summed E-state index contributed by atoms with van der Waals surface area (Å²) in [5, 5.41) is 12.5. The highest BCUT2D eigenvalue weighted by atomic mass is 79.9. The molecule has 1 heterocycles.